The number of hydrogen-bond acceptors (Lipinski definition) is 5. The zero-order valence-corrected chi connectivity index (χ0v) is 19.2. The SMILES string of the molecule is CCOC(=O)CCCc1ccc(OCc2cc(F)ccc2-c2ccc(C3(C#N)CC3)cc2)cn1. The highest BCUT2D eigenvalue weighted by Crippen LogP contribution is 2.47. The number of nitrogens with zero attached hydrogens (tertiary/aromatic N) is 2. The molecular weight excluding hydrogens is 431 g/mol. The van der Waals surface area contributed by atoms with E-state index in [-0.39, 0.29) is 23.8 Å². The molecule has 0 saturated heterocycles. The molecule has 0 N–H and O–H groups in total. The monoisotopic (exact) mass is 458 g/mol. The second kappa shape index (κ2) is 10.5. The summed E-state index contributed by atoms with van der Waals surface area (Å²) >= 11 is 0. The highest BCUT2D eigenvalue weighted by atomic mass is 19.1. The number of aromatic nitrogens is 1. The Morgan fingerprint density at radius 2 is 1.94 bits per heavy atom. The summed E-state index contributed by atoms with van der Waals surface area (Å²) in [5, 5.41) is 9.42. The van der Waals surface area contributed by atoms with E-state index >= 15 is 0 Å². The maximum Gasteiger partial charge on any atom is 0.305 e. The molecule has 34 heavy (non-hydrogen) atoms. The quantitative estimate of drug-likeness (QED) is 0.353. The van der Waals surface area contributed by atoms with Gasteiger partial charge in [-0.2, -0.15) is 5.26 Å². The largest absolute Gasteiger partial charge is 0.487 e. The van der Waals surface area contributed by atoms with Crippen LogP contribution in [0.2, 0.25) is 0 Å². The minimum atomic E-state index is -0.328. The van der Waals surface area contributed by atoms with E-state index in [9.17, 15) is 14.4 Å². The van der Waals surface area contributed by atoms with Crippen molar-refractivity contribution < 1.29 is 18.7 Å². The zero-order chi connectivity index (χ0) is 24.0. The standard InChI is InChI=1S/C28H27FN2O3/c1-2-33-27(32)5-3-4-24-11-12-25(17-31-24)34-18-21-16-23(29)10-13-26(21)20-6-8-22(9-7-20)28(19-30)14-15-28/h6-13,16-17H,2-5,14-15,18H2,1H3. The summed E-state index contributed by atoms with van der Waals surface area (Å²) in [7, 11) is 0. The molecule has 0 atom stereocenters. The van der Waals surface area contributed by atoms with Gasteiger partial charge in [0, 0.05) is 12.1 Å². The van der Waals surface area contributed by atoms with Gasteiger partial charge >= 0.3 is 5.97 Å². The van der Waals surface area contributed by atoms with Crippen LogP contribution in [0.4, 0.5) is 4.39 Å². The number of esters is 1. The molecule has 1 saturated carbocycles. The number of pyridine rings is 1. The molecule has 1 aliphatic carbocycles. The molecule has 4 rings (SSSR count). The topological polar surface area (TPSA) is 72.2 Å². The van der Waals surface area contributed by atoms with Gasteiger partial charge in [-0.05, 0) is 79.1 Å². The molecule has 0 aliphatic heterocycles. The minimum absolute atomic E-state index is 0.194. The third kappa shape index (κ3) is 5.60. The van der Waals surface area contributed by atoms with Gasteiger partial charge < -0.3 is 9.47 Å². The summed E-state index contributed by atoms with van der Waals surface area (Å²) < 4.78 is 24.8. The Morgan fingerprint density at radius 1 is 1.15 bits per heavy atom. The van der Waals surface area contributed by atoms with E-state index in [2.05, 4.69) is 11.1 Å². The number of nitriles is 1. The minimum Gasteiger partial charge on any atom is -0.487 e. The van der Waals surface area contributed by atoms with Gasteiger partial charge in [0.05, 0.1) is 24.3 Å². The van der Waals surface area contributed by atoms with Crippen molar-refractivity contribution in [3.63, 3.8) is 0 Å². The third-order valence-electron chi connectivity index (χ3n) is 6.09. The fourth-order valence-electron chi connectivity index (χ4n) is 3.97. The van der Waals surface area contributed by atoms with Crippen molar-refractivity contribution >= 4 is 5.97 Å². The Labute approximate surface area is 199 Å². The Bertz CT molecular complexity index is 1180. The van der Waals surface area contributed by atoms with E-state index in [4.69, 9.17) is 9.47 Å². The molecule has 5 nitrogen and oxygen atoms in total. The van der Waals surface area contributed by atoms with Gasteiger partial charge in [0.25, 0.3) is 0 Å². The van der Waals surface area contributed by atoms with E-state index < -0.39 is 0 Å². The number of ether oxygens (including phenoxy) is 2. The van der Waals surface area contributed by atoms with Crippen LogP contribution in [0.5, 0.6) is 5.75 Å². The van der Waals surface area contributed by atoms with E-state index in [1.54, 1.807) is 19.2 Å². The van der Waals surface area contributed by atoms with Crippen LogP contribution in [0.25, 0.3) is 11.1 Å². The van der Waals surface area contributed by atoms with Crippen LogP contribution in [0.1, 0.15) is 49.4 Å². The molecule has 0 unspecified atom stereocenters. The predicted molar refractivity (Wildman–Crippen MR) is 127 cm³/mol. The molecule has 0 amide bonds. The van der Waals surface area contributed by atoms with E-state index in [0.29, 0.717) is 31.6 Å². The Hall–Kier alpha value is -3.72. The van der Waals surface area contributed by atoms with Gasteiger partial charge in [0.15, 0.2) is 0 Å². The van der Waals surface area contributed by atoms with Gasteiger partial charge in [0.1, 0.15) is 18.2 Å². The van der Waals surface area contributed by atoms with Gasteiger partial charge in [-0.1, -0.05) is 30.3 Å². The van der Waals surface area contributed by atoms with Crippen molar-refractivity contribution in [2.75, 3.05) is 6.61 Å². The summed E-state index contributed by atoms with van der Waals surface area (Å²) in [4.78, 5) is 15.8. The van der Waals surface area contributed by atoms with Crippen LogP contribution in [-0.2, 0) is 28.0 Å². The van der Waals surface area contributed by atoms with Gasteiger partial charge in [-0.3, -0.25) is 9.78 Å². The number of rotatable bonds is 10. The van der Waals surface area contributed by atoms with Crippen molar-refractivity contribution in [1.82, 2.24) is 4.98 Å². The maximum absolute atomic E-state index is 14.0. The Morgan fingerprint density at radius 3 is 2.59 bits per heavy atom. The lowest BCUT2D eigenvalue weighted by Gasteiger charge is -2.13. The van der Waals surface area contributed by atoms with E-state index in [0.717, 1.165) is 40.8 Å². The third-order valence-corrected chi connectivity index (χ3v) is 6.09. The smallest absolute Gasteiger partial charge is 0.305 e. The average molecular weight is 459 g/mol. The normalized spacial score (nSPS) is 13.7. The number of hydrogen-bond donors (Lipinski definition) is 0. The first-order chi connectivity index (χ1) is 16.5. The molecule has 1 heterocycles. The van der Waals surface area contributed by atoms with E-state index in [1.165, 1.54) is 12.1 Å². The molecule has 6 heteroatoms. The number of aryl methyl sites for hydroxylation is 1. The summed E-state index contributed by atoms with van der Waals surface area (Å²) in [6.07, 6.45) is 5.16. The summed E-state index contributed by atoms with van der Waals surface area (Å²) in [5.74, 6) is 0.0694. The fraction of sp³-hybridized carbons (Fsp3) is 0.321. The van der Waals surface area contributed by atoms with Crippen LogP contribution in [0.3, 0.4) is 0 Å². The molecule has 0 spiro atoms. The van der Waals surface area contributed by atoms with Gasteiger partial charge in [0.2, 0.25) is 0 Å². The lowest BCUT2D eigenvalue weighted by atomic mass is 9.93. The van der Waals surface area contributed by atoms with Crippen molar-refractivity contribution in [3.8, 4) is 22.9 Å². The molecule has 1 aromatic heterocycles. The van der Waals surface area contributed by atoms with E-state index in [1.807, 2.05) is 36.4 Å². The van der Waals surface area contributed by atoms with Crippen LogP contribution in [0.15, 0.2) is 60.8 Å². The van der Waals surface area contributed by atoms with Crippen molar-refractivity contribution in [2.45, 2.75) is 51.0 Å². The predicted octanol–water partition coefficient (Wildman–Crippen LogP) is 5.91. The zero-order valence-electron chi connectivity index (χ0n) is 19.2. The molecule has 2 aromatic carbocycles. The first-order valence-electron chi connectivity index (χ1n) is 11.6. The molecule has 174 valence electrons. The van der Waals surface area contributed by atoms with Crippen molar-refractivity contribution in [3.05, 3.63) is 83.4 Å². The highest BCUT2D eigenvalue weighted by Gasteiger charge is 2.44. The average Bonchev–Trinajstić information content (AvgIpc) is 3.65. The summed E-state index contributed by atoms with van der Waals surface area (Å²) in [6.45, 7) is 2.38. The van der Waals surface area contributed by atoms with Gasteiger partial charge in [-0.15, -0.1) is 0 Å². The van der Waals surface area contributed by atoms with Crippen molar-refractivity contribution in [2.24, 2.45) is 0 Å². The van der Waals surface area contributed by atoms with Crippen LogP contribution >= 0.6 is 0 Å². The van der Waals surface area contributed by atoms with Crippen LogP contribution in [-0.4, -0.2) is 17.6 Å². The number of benzene rings is 2. The second-order valence-electron chi connectivity index (χ2n) is 8.51. The Balaban J connectivity index is 1.39. The summed E-state index contributed by atoms with van der Waals surface area (Å²) in [5.41, 5.74) is 4.14. The fourth-order valence-corrected chi connectivity index (χ4v) is 3.97. The number of halogens is 1. The Kier molecular flexibility index (Phi) is 7.22. The maximum atomic E-state index is 14.0. The van der Waals surface area contributed by atoms with Crippen LogP contribution < -0.4 is 4.74 Å². The van der Waals surface area contributed by atoms with Crippen LogP contribution in [0, 0.1) is 17.1 Å². The molecule has 3 aromatic rings. The lowest BCUT2D eigenvalue weighted by Crippen LogP contribution is -2.04. The molecule has 0 bridgehead atoms. The van der Waals surface area contributed by atoms with Crippen molar-refractivity contribution in [1.29, 1.82) is 5.26 Å². The second-order valence-corrected chi connectivity index (χ2v) is 8.51. The van der Waals surface area contributed by atoms with Gasteiger partial charge in [-0.25, -0.2) is 4.39 Å². The number of carbonyl (C=O) groups excluding carboxylic acids is 1. The highest BCUT2D eigenvalue weighted by molar-refractivity contribution is 5.69. The molecule has 0 radical (unpaired) electrons. The summed E-state index contributed by atoms with van der Waals surface area (Å²) in [6, 6.07) is 18.7. The molecular formula is C28H27FN2O3. The first kappa shape index (κ1) is 23.4. The first-order valence-corrected chi connectivity index (χ1v) is 11.6. The lowest BCUT2D eigenvalue weighted by molar-refractivity contribution is -0.143. The number of carbonyl (C=O) groups is 1. The molecule has 1 aliphatic rings. The molecule has 1 fully saturated rings.